The Morgan fingerprint density at radius 2 is 2.03 bits per heavy atom. The third kappa shape index (κ3) is 3.83. The van der Waals surface area contributed by atoms with Crippen molar-refractivity contribution in [3.8, 4) is 5.75 Å². The van der Waals surface area contributed by atoms with E-state index in [2.05, 4.69) is 16.3 Å². The molecule has 1 N–H and O–H groups in total. The molecular weight excluding hydrogens is 370 g/mol. The van der Waals surface area contributed by atoms with Crippen LogP contribution in [-0.4, -0.2) is 59.9 Å². The van der Waals surface area contributed by atoms with Crippen molar-refractivity contribution < 1.29 is 18.7 Å². The number of fused-ring (bicyclic) bond motifs is 1. The molecule has 0 bridgehead atoms. The quantitative estimate of drug-likeness (QED) is 0.855. The van der Waals surface area contributed by atoms with Gasteiger partial charge in [0.25, 0.3) is 0 Å². The van der Waals surface area contributed by atoms with Gasteiger partial charge in [-0.2, -0.15) is 0 Å². The lowest BCUT2D eigenvalue weighted by molar-refractivity contribution is -0.131. The first-order chi connectivity index (χ1) is 13.9. The maximum Gasteiger partial charge on any atom is 0.219 e. The van der Waals surface area contributed by atoms with Crippen molar-refractivity contribution in [1.29, 1.82) is 0 Å². The second kappa shape index (κ2) is 7.71. The first-order valence-corrected chi connectivity index (χ1v) is 10.2. The summed E-state index contributed by atoms with van der Waals surface area (Å²) in [7, 11) is 1.65. The van der Waals surface area contributed by atoms with Gasteiger partial charge in [0, 0.05) is 50.4 Å². The van der Waals surface area contributed by atoms with E-state index in [-0.39, 0.29) is 23.4 Å². The van der Waals surface area contributed by atoms with E-state index in [1.165, 1.54) is 0 Å². The highest BCUT2D eigenvalue weighted by atomic mass is 16.5. The maximum atomic E-state index is 11.8. The van der Waals surface area contributed by atoms with E-state index in [9.17, 15) is 9.59 Å². The van der Waals surface area contributed by atoms with Crippen LogP contribution in [0.2, 0.25) is 0 Å². The summed E-state index contributed by atoms with van der Waals surface area (Å²) >= 11 is 0. The van der Waals surface area contributed by atoms with Gasteiger partial charge in [0.2, 0.25) is 11.8 Å². The lowest BCUT2D eigenvalue weighted by atomic mass is 9.84. The summed E-state index contributed by atoms with van der Waals surface area (Å²) in [5.41, 5.74) is 0.741. The zero-order chi connectivity index (χ0) is 20.6. The molecule has 0 saturated carbocycles. The molecule has 2 fully saturated rings. The van der Waals surface area contributed by atoms with Gasteiger partial charge in [-0.3, -0.25) is 14.5 Å². The fraction of sp³-hybridized carbons (Fsp3) is 0.545. The third-order valence-electron chi connectivity index (χ3n) is 6.41. The molecule has 4 rings (SSSR count). The van der Waals surface area contributed by atoms with Crippen molar-refractivity contribution in [3.63, 3.8) is 0 Å². The molecule has 1 unspecified atom stereocenters. The molecule has 7 heteroatoms. The highest BCUT2D eigenvalue weighted by Gasteiger charge is 2.47. The van der Waals surface area contributed by atoms with E-state index in [4.69, 9.17) is 9.15 Å². The van der Waals surface area contributed by atoms with Gasteiger partial charge in [0.05, 0.1) is 13.7 Å². The predicted octanol–water partition coefficient (Wildman–Crippen LogP) is 2.53. The van der Waals surface area contributed by atoms with Crippen molar-refractivity contribution in [2.45, 2.75) is 51.2 Å². The van der Waals surface area contributed by atoms with E-state index in [0.717, 1.165) is 61.4 Å². The van der Waals surface area contributed by atoms with Gasteiger partial charge in [-0.15, -0.1) is 0 Å². The molecule has 2 aliphatic rings. The Labute approximate surface area is 171 Å². The van der Waals surface area contributed by atoms with Crippen LogP contribution in [0.3, 0.4) is 0 Å². The monoisotopic (exact) mass is 399 g/mol. The standard InChI is InChI=1S/C22H29N3O4/c1-15(26)23-18-12-22(7-9-24(10-8-22)16(2)27)25(13-18)14-19-11-17-5-4-6-20(28-3)21(17)29-19/h4-6,11,18H,7-10,12-14H2,1-3H3,(H,23,26). The van der Waals surface area contributed by atoms with Gasteiger partial charge in [0.1, 0.15) is 5.76 Å². The molecule has 0 aliphatic carbocycles. The number of piperidine rings is 1. The summed E-state index contributed by atoms with van der Waals surface area (Å²) in [5.74, 6) is 1.76. The van der Waals surface area contributed by atoms with Crippen LogP contribution in [0, 0.1) is 0 Å². The lowest BCUT2D eigenvalue weighted by Crippen LogP contribution is -2.52. The van der Waals surface area contributed by atoms with E-state index in [0.29, 0.717) is 6.54 Å². The van der Waals surface area contributed by atoms with Gasteiger partial charge < -0.3 is 19.4 Å². The largest absolute Gasteiger partial charge is 0.493 e. The Balaban J connectivity index is 1.58. The van der Waals surface area contributed by atoms with Crippen LogP contribution in [-0.2, 0) is 16.1 Å². The molecule has 1 atom stereocenters. The molecule has 2 aromatic rings. The van der Waals surface area contributed by atoms with E-state index >= 15 is 0 Å². The summed E-state index contributed by atoms with van der Waals surface area (Å²) in [6, 6.07) is 8.08. The van der Waals surface area contributed by atoms with Crippen LogP contribution in [0.5, 0.6) is 5.75 Å². The minimum absolute atomic E-state index is 0.00152. The van der Waals surface area contributed by atoms with Gasteiger partial charge >= 0.3 is 0 Å². The van der Waals surface area contributed by atoms with Crippen LogP contribution in [0.1, 0.15) is 38.9 Å². The number of likely N-dealkylation sites (tertiary alicyclic amines) is 2. The van der Waals surface area contributed by atoms with E-state index in [1.54, 1.807) is 21.0 Å². The summed E-state index contributed by atoms with van der Waals surface area (Å²) in [6.45, 7) is 6.17. The number of methoxy groups -OCH3 is 1. The molecule has 3 heterocycles. The van der Waals surface area contributed by atoms with Crippen molar-refractivity contribution >= 4 is 22.8 Å². The van der Waals surface area contributed by atoms with Crippen LogP contribution in [0.4, 0.5) is 0 Å². The topological polar surface area (TPSA) is 75.0 Å². The van der Waals surface area contributed by atoms with Crippen LogP contribution in [0.25, 0.3) is 11.0 Å². The Morgan fingerprint density at radius 1 is 1.28 bits per heavy atom. The van der Waals surface area contributed by atoms with Gasteiger partial charge in [-0.1, -0.05) is 12.1 Å². The van der Waals surface area contributed by atoms with Crippen molar-refractivity contribution in [1.82, 2.24) is 15.1 Å². The van der Waals surface area contributed by atoms with Gasteiger partial charge in [-0.05, 0) is 31.4 Å². The zero-order valence-corrected chi connectivity index (χ0v) is 17.4. The summed E-state index contributed by atoms with van der Waals surface area (Å²) in [5, 5.41) is 4.12. The maximum absolute atomic E-state index is 11.8. The molecule has 7 nitrogen and oxygen atoms in total. The third-order valence-corrected chi connectivity index (χ3v) is 6.41. The number of ether oxygens (including phenoxy) is 1. The van der Waals surface area contributed by atoms with E-state index < -0.39 is 0 Å². The average molecular weight is 399 g/mol. The Bertz CT molecular complexity index is 914. The molecule has 156 valence electrons. The predicted molar refractivity (Wildman–Crippen MR) is 110 cm³/mol. The number of nitrogens with zero attached hydrogens (tertiary/aromatic N) is 2. The zero-order valence-electron chi connectivity index (χ0n) is 17.4. The molecule has 2 aliphatic heterocycles. The van der Waals surface area contributed by atoms with Gasteiger partial charge in [-0.25, -0.2) is 0 Å². The van der Waals surface area contributed by atoms with Gasteiger partial charge in [0.15, 0.2) is 11.3 Å². The van der Waals surface area contributed by atoms with Crippen molar-refractivity contribution in [2.75, 3.05) is 26.7 Å². The molecule has 2 amide bonds. The van der Waals surface area contributed by atoms with Crippen LogP contribution >= 0.6 is 0 Å². The molecule has 0 radical (unpaired) electrons. The number of para-hydroxylation sites is 1. The van der Waals surface area contributed by atoms with Crippen molar-refractivity contribution in [2.24, 2.45) is 0 Å². The number of amides is 2. The molecule has 29 heavy (non-hydrogen) atoms. The molecular formula is C22H29N3O4. The average Bonchev–Trinajstić information content (AvgIpc) is 3.22. The number of hydrogen-bond donors (Lipinski definition) is 1. The Morgan fingerprint density at radius 3 is 2.69 bits per heavy atom. The number of nitrogens with one attached hydrogen (secondary N) is 1. The molecule has 1 aromatic carbocycles. The smallest absolute Gasteiger partial charge is 0.219 e. The highest BCUT2D eigenvalue weighted by Crippen LogP contribution is 2.40. The summed E-state index contributed by atoms with van der Waals surface area (Å²) in [6.07, 6.45) is 2.72. The molecule has 1 spiro atoms. The van der Waals surface area contributed by atoms with E-state index in [1.807, 2.05) is 23.1 Å². The fourth-order valence-corrected chi connectivity index (χ4v) is 5.00. The SMILES string of the molecule is COc1cccc2cc(CN3CC(NC(C)=O)CC34CCN(C(C)=O)CC4)oc12. The normalized spacial score (nSPS) is 21.6. The second-order valence-electron chi connectivity index (χ2n) is 8.30. The number of rotatable bonds is 4. The second-order valence-corrected chi connectivity index (χ2v) is 8.30. The van der Waals surface area contributed by atoms with Crippen LogP contribution < -0.4 is 10.1 Å². The summed E-state index contributed by atoms with van der Waals surface area (Å²) in [4.78, 5) is 27.8. The first-order valence-electron chi connectivity index (χ1n) is 10.2. The fourth-order valence-electron chi connectivity index (χ4n) is 5.00. The minimum Gasteiger partial charge on any atom is -0.493 e. The first kappa shape index (κ1) is 19.8. The number of benzene rings is 1. The number of carbonyl (C=O) groups is 2. The minimum atomic E-state index is -0.0257. The molecule has 1 aromatic heterocycles. The number of furan rings is 1. The van der Waals surface area contributed by atoms with Crippen LogP contribution in [0.15, 0.2) is 28.7 Å². The Kier molecular flexibility index (Phi) is 5.25. The summed E-state index contributed by atoms with van der Waals surface area (Å²) < 4.78 is 11.6. The number of carbonyl (C=O) groups excluding carboxylic acids is 2. The number of hydrogen-bond acceptors (Lipinski definition) is 5. The van der Waals surface area contributed by atoms with Crippen molar-refractivity contribution in [3.05, 3.63) is 30.0 Å². The highest BCUT2D eigenvalue weighted by molar-refractivity contribution is 5.83. The Hall–Kier alpha value is -2.54. The lowest BCUT2D eigenvalue weighted by Gasteiger charge is -2.44. The molecule has 2 saturated heterocycles.